The molecule has 4 rings (SSSR count). The van der Waals surface area contributed by atoms with Gasteiger partial charge in [-0.05, 0) is 19.1 Å². The van der Waals surface area contributed by atoms with E-state index in [2.05, 4.69) is 25.1 Å². The topological polar surface area (TPSA) is 70.8 Å². The van der Waals surface area contributed by atoms with Crippen LogP contribution in [0.5, 0.6) is 0 Å². The van der Waals surface area contributed by atoms with Crippen LogP contribution in [0.4, 0.5) is 5.82 Å². The number of aryl methyl sites for hydroxylation is 1. The Morgan fingerprint density at radius 3 is 3.14 bits per heavy atom. The van der Waals surface area contributed by atoms with Crippen molar-refractivity contribution in [1.29, 1.82) is 0 Å². The normalized spacial score (nSPS) is 14.2. The molecule has 1 aliphatic rings. The molecule has 0 radical (unpaired) electrons. The second-order valence-corrected chi connectivity index (χ2v) is 5.18. The monoisotopic (exact) mass is 281 g/mol. The highest BCUT2D eigenvalue weighted by molar-refractivity contribution is 5.58. The summed E-state index contributed by atoms with van der Waals surface area (Å²) in [6.07, 6.45) is 4.50. The minimum absolute atomic E-state index is 0.747. The van der Waals surface area contributed by atoms with Crippen molar-refractivity contribution in [1.82, 2.24) is 20.2 Å². The van der Waals surface area contributed by atoms with Crippen LogP contribution in [0.3, 0.4) is 0 Å². The number of aromatic amines is 1. The molecule has 3 aromatic rings. The first-order valence-electron chi connectivity index (χ1n) is 6.95. The third kappa shape index (κ3) is 2.18. The summed E-state index contributed by atoms with van der Waals surface area (Å²) in [7, 11) is 0. The van der Waals surface area contributed by atoms with Crippen molar-refractivity contribution in [3.8, 4) is 11.5 Å². The Kier molecular flexibility index (Phi) is 2.73. The molecule has 0 unspecified atom stereocenters. The predicted molar refractivity (Wildman–Crippen MR) is 77.8 cm³/mol. The number of hydrogen-bond acceptors (Lipinski definition) is 5. The number of rotatable bonds is 2. The van der Waals surface area contributed by atoms with Crippen molar-refractivity contribution in [3.05, 3.63) is 47.7 Å². The number of nitrogens with one attached hydrogen (secondary N) is 1. The van der Waals surface area contributed by atoms with Gasteiger partial charge in [0.25, 0.3) is 0 Å². The summed E-state index contributed by atoms with van der Waals surface area (Å²) < 4.78 is 5.44. The van der Waals surface area contributed by atoms with E-state index in [1.165, 1.54) is 11.3 Å². The van der Waals surface area contributed by atoms with Crippen LogP contribution in [0.1, 0.15) is 17.1 Å². The summed E-state index contributed by atoms with van der Waals surface area (Å²) in [4.78, 5) is 11.3. The van der Waals surface area contributed by atoms with Gasteiger partial charge in [-0.2, -0.15) is 5.10 Å². The molecule has 0 spiro atoms. The minimum atomic E-state index is 0.747. The van der Waals surface area contributed by atoms with Gasteiger partial charge in [0.05, 0.1) is 12.5 Å². The van der Waals surface area contributed by atoms with Crippen molar-refractivity contribution < 1.29 is 4.42 Å². The number of fused-ring (bicyclic) bond motifs is 1. The molecule has 0 saturated carbocycles. The zero-order chi connectivity index (χ0) is 14.2. The Balaban J connectivity index is 1.70. The van der Waals surface area contributed by atoms with Gasteiger partial charge >= 0.3 is 0 Å². The third-order valence-electron chi connectivity index (χ3n) is 3.72. The van der Waals surface area contributed by atoms with Gasteiger partial charge in [-0.3, -0.25) is 5.10 Å². The van der Waals surface area contributed by atoms with Crippen molar-refractivity contribution in [2.75, 3.05) is 11.4 Å². The maximum atomic E-state index is 5.44. The van der Waals surface area contributed by atoms with E-state index in [0.717, 1.165) is 42.6 Å². The van der Waals surface area contributed by atoms with E-state index in [-0.39, 0.29) is 0 Å². The molecule has 6 nitrogen and oxygen atoms in total. The van der Waals surface area contributed by atoms with Gasteiger partial charge < -0.3 is 9.32 Å². The Morgan fingerprint density at radius 2 is 2.29 bits per heavy atom. The van der Waals surface area contributed by atoms with Crippen LogP contribution in [0.25, 0.3) is 11.5 Å². The van der Waals surface area contributed by atoms with Crippen LogP contribution >= 0.6 is 0 Å². The molecule has 106 valence electrons. The van der Waals surface area contributed by atoms with Crippen LogP contribution in [0.2, 0.25) is 0 Å². The highest BCUT2D eigenvalue weighted by Gasteiger charge is 2.20. The molecule has 0 fully saturated rings. The maximum Gasteiger partial charge on any atom is 0.152 e. The van der Waals surface area contributed by atoms with E-state index in [1.807, 2.05) is 31.3 Å². The molecule has 6 heteroatoms. The molecular weight excluding hydrogens is 266 g/mol. The standard InChI is InChI=1S/C15H15N5O/c1-10-17-13(14-3-2-6-21-14)7-15(18-10)20-5-4-12-11(9-20)8-16-19-12/h2-3,6-8H,4-5,9H2,1H3,(H,16,19). The van der Waals surface area contributed by atoms with Crippen LogP contribution < -0.4 is 4.90 Å². The van der Waals surface area contributed by atoms with Gasteiger partial charge in [-0.25, -0.2) is 9.97 Å². The lowest BCUT2D eigenvalue weighted by molar-refractivity contribution is 0.579. The second-order valence-electron chi connectivity index (χ2n) is 5.18. The maximum absolute atomic E-state index is 5.44. The molecule has 0 atom stereocenters. The van der Waals surface area contributed by atoms with Crippen molar-refractivity contribution in [3.63, 3.8) is 0 Å². The summed E-state index contributed by atoms with van der Waals surface area (Å²) in [5, 5.41) is 7.16. The summed E-state index contributed by atoms with van der Waals surface area (Å²) in [6, 6.07) is 5.76. The van der Waals surface area contributed by atoms with Gasteiger partial charge in [-0.15, -0.1) is 0 Å². The summed E-state index contributed by atoms with van der Waals surface area (Å²) >= 11 is 0. The lowest BCUT2D eigenvalue weighted by Gasteiger charge is -2.27. The van der Waals surface area contributed by atoms with E-state index < -0.39 is 0 Å². The molecule has 0 bridgehead atoms. The molecule has 0 saturated heterocycles. The number of aromatic nitrogens is 4. The third-order valence-corrected chi connectivity index (χ3v) is 3.72. The average Bonchev–Trinajstić information content (AvgIpc) is 3.17. The Labute approximate surface area is 121 Å². The lowest BCUT2D eigenvalue weighted by Crippen LogP contribution is -2.30. The average molecular weight is 281 g/mol. The first kappa shape index (κ1) is 12.1. The number of H-pyrrole nitrogens is 1. The van der Waals surface area contributed by atoms with Crippen molar-refractivity contribution >= 4 is 5.82 Å². The van der Waals surface area contributed by atoms with Gasteiger partial charge in [0.1, 0.15) is 17.3 Å². The molecular formula is C15H15N5O. The molecule has 0 amide bonds. The summed E-state index contributed by atoms with van der Waals surface area (Å²) in [6.45, 7) is 3.65. The predicted octanol–water partition coefficient (Wildman–Crippen LogP) is 2.33. The number of hydrogen-bond donors (Lipinski definition) is 1. The number of furan rings is 1. The fraction of sp³-hybridized carbons (Fsp3) is 0.267. The van der Waals surface area contributed by atoms with Crippen molar-refractivity contribution in [2.24, 2.45) is 0 Å². The van der Waals surface area contributed by atoms with Gasteiger partial charge in [0.15, 0.2) is 5.76 Å². The minimum Gasteiger partial charge on any atom is -0.463 e. The Bertz CT molecular complexity index is 762. The zero-order valence-electron chi connectivity index (χ0n) is 11.7. The van der Waals surface area contributed by atoms with Gasteiger partial charge in [0, 0.05) is 36.8 Å². The van der Waals surface area contributed by atoms with Crippen molar-refractivity contribution in [2.45, 2.75) is 19.9 Å². The largest absolute Gasteiger partial charge is 0.463 e. The van der Waals surface area contributed by atoms with Crippen LogP contribution in [-0.2, 0) is 13.0 Å². The smallest absolute Gasteiger partial charge is 0.152 e. The first-order chi connectivity index (χ1) is 10.3. The van der Waals surface area contributed by atoms with Crippen LogP contribution in [-0.4, -0.2) is 26.7 Å². The fourth-order valence-corrected chi connectivity index (χ4v) is 2.68. The molecule has 1 N–H and O–H groups in total. The first-order valence-corrected chi connectivity index (χ1v) is 6.95. The molecule has 4 heterocycles. The van der Waals surface area contributed by atoms with E-state index in [0.29, 0.717) is 0 Å². The summed E-state index contributed by atoms with van der Waals surface area (Å²) in [5.41, 5.74) is 3.28. The van der Waals surface area contributed by atoms with Gasteiger partial charge in [-0.1, -0.05) is 0 Å². The lowest BCUT2D eigenvalue weighted by atomic mass is 10.1. The van der Waals surface area contributed by atoms with E-state index in [1.54, 1.807) is 6.26 Å². The summed E-state index contributed by atoms with van der Waals surface area (Å²) in [5.74, 6) is 2.44. The second kappa shape index (κ2) is 4.73. The zero-order valence-corrected chi connectivity index (χ0v) is 11.7. The van der Waals surface area contributed by atoms with E-state index in [4.69, 9.17) is 4.42 Å². The van der Waals surface area contributed by atoms with Crippen LogP contribution in [0, 0.1) is 6.92 Å². The van der Waals surface area contributed by atoms with Gasteiger partial charge in [0.2, 0.25) is 0 Å². The van der Waals surface area contributed by atoms with E-state index in [9.17, 15) is 0 Å². The van der Waals surface area contributed by atoms with E-state index >= 15 is 0 Å². The SMILES string of the molecule is Cc1nc(-c2ccco2)cc(N2CCc3[nH]ncc3C2)n1. The number of anilines is 1. The molecule has 0 aromatic carbocycles. The number of nitrogens with zero attached hydrogens (tertiary/aromatic N) is 4. The molecule has 1 aliphatic heterocycles. The Morgan fingerprint density at radius 1 is 1.33 bits per heavy atom. The molecule has 0 aliphatic carbocycles. The highest BCUT2D eigenvalue weighted by Crippen LogP contribution is 2.25. The molecule has 3 aromatic heterocycles. The van der Waals surface area contributed by atoms with Crippen LogP contribution in [0.15, 0.2) is 35.1 Å². The highest BCUT2D eigenvalue weighted by atomic mass is 16.3. The molecule has 21 heavy (non-hydrogen) atoms. The quantitative estimate of drug-likeness (QED) is 0.780. The fourth-order valence-electron chi connectivity index (χ4n) is 2.68. The Hall–Kier alpha value is -2.63.